The lowest BCUT2D eigenvalue weighted by atomic mass is 9.81. The maximum Gasteiger partial charge on any atom is 0.187 e. The molecule has 2 rings (SSSR count). The van der Waals surface area contributed by atoms with Crippen LogP contribution in [0.15, 0.2) is 42.1 Å². The molecule has 0 spiro atoms. The van der Waals surface area contributed by atoms with Crippen LogP contribution >= 0.6 is 0 Å². The van der Waals surface area contributed by atoms with Gasteiger partial charge in [0.2, 0.25) is 0 Å². The van der Waals surface area contributed by atoms with E-state index in [9.17, 15) is 4.79 Å². The van der Waals surface area contributed by atoms with E-state index in [1.165, 1.54) is 12.5 Å². The predicted octanol–water partition coefficient (Wildman–Crippen LogP) is 3.06. The summed E-state index contributed by atoms with van der Waals surface area (Å²) in [6.07, 6.45) is 6.74. The zero-order chi connectivity index (χ0) is 13.7. The SMILES string of the molecule is COC1(/C(N)=C/C(=O)c2ccccc2)CCCCC1. The summed E-state index contributed by atoms with van der Waals surface area (Å²) in [4.78, 5) is 12.1. The number of hydrogen-bond acceptors (Lipinski definition) is 3. The number of carbonyl (C=O) groups is 1. The van der Waals surface area contributed by atoms with Crippen LogP contribution in [0.4, 0.5) is 0 Å². The highest BCUT2D eigenvalue weighted by Gasteiger charge is 2.34. The molecule has 0 amide bonds. The van der Waals surface area contributed by atoms with Gasteiger partial charge in [0.15, 0.2) is 5.78 Å². The van der Waals surface area contributed by atoms with Crippen molar-refractivity contribution in [2.24, 2.45) is 5.73 Å². The molecule has 0 saturated heterocycles. The van der Waals surface area contributed by atoms with Crippen molar-refractivity contribution in [2.75, 3.05) is 7.11 Å². The van der Waals surface area contributed by atoms with Gasteiger partial charge in [-0.3, -0.25) is 4.79 Å². The maximum absolute atomic E-state index is 12.1. The van der Waals surface area contributed by atoms with E-state index in [0.29, 0.717) is 11.3 Å². The number of carbonyl (C=O) groups excluding carboxylic acids is 1. The number of ketones is 1. The second kappa shape index (κ2) is 6.02. The summed E-state index contributed by atoms with van der Waals surface area (Å²) in [5, 5.41) is 0. The van der Waals surface area contributed by atoms with Crippen molar-refractivity contribution in [3.05, 3.63) is 47.7 Å². The molecule has 1 aliphatic rings. The second-order valence-electron chi connectivity index (χ2n) is 5.09. The highest BCUT2D eigenvalue weighted by atomic mass is 16.5. The summed E-state index contributed by atoms with van der Waals surface area (Å²) >= 11 is 0. The monoisotopic (exact) mass is 259 g/mol. The van der Waals surface area contributed by atoms with Crippen LogP contribution in [0, 0.1) is 0 Å². The Morgan fingerprint density at radius 3 is 2.42 bits per heavy atom. The first-order valence-electron chi connectivity index (χ1n) is 6.80. The van der Waals surface area contributed by atoms with E-state index in [0.717, 1.165) is 25.7 Å². The third-order valence-electron chi connectivity index (χ3n) is 3.92. The quantitative estimate of drug-likeness (QED) is 0.668. The van der Waals surface area contributed by atoms with Gasteiger partial charge in [-0.2, -0.15) is 0 Å². The van der Waals surface area contributed by atoms with Crippen molar-refractivity contribution in [1.29, 1.82) is 0 Å². The van der Waals surface area contributed by atoms with Gasteiger partial charge in [0.1, 0.15) is 5.60 Å². The molecule has 1 aromatic carbocycles. The number of benzene rings is 1. The molecule has 1 saturated carbocycles. The molecule has 2 N–H and O–H groups in total. The molecule has 1 fully saturated rings. The number of methoxy groups -OCH3 is 1. The second-order valence-corrected chi connectivity index (χ2v) is 5.09. The first-order chi connectivity index (χ1) is 9.18. The molecule has 0 aromatic heterocycles. The topological polar surface area (TPSA) is 52.3 Å². The molecule has 0 radical (unpaired) electrons. The molecule has 0 heterocycles. The maximum atomic E-state index is 12.1. The minimum atomic E-state index is -0.442. The fourth-order valence-corrected chi connectivity index (χ4v) is 2.69. The fourth-order valence-electron chi connectivity index (χ4n) is 2.69. The summed E-state index contributed by atoms with van der Waals surface area (Å²) in [6.45, 7) is 0. The molecule has 0 bridgehead atoms. The molecule has 0 atom stereocenters. The van der Waals surface area contributed by atoms with Gasteiger partial charge in [-0.1, -0.05) is 49.6 Å². The molecule has 19 heavy (non-hydrogen) atoms. The molecular weight excluding hydrogens is 238 g/mol. The summed E-state index contributed by atoms with van der Waals surface area (Å²) in [7, 11) is 1.68. The van der Waals surface area contributed by atoms with E-state index < -0.39 is 5.60 Å². The number of nitrogens with two attached hydrogens (primary N) is 1. The minimum absolute atomic E-state index is 0.0555. The Labute approximate surface area is 114 Å². The Kier molecular flexibility index (Phi) is 4.38. The van der Waals surface area contributed by atoms with Crippen LogP contribution in [-0.2, 0) is 4.74 Å². The normalized spacial score (nSPS) is 19.1. The average molecular weight is 259 g/mol. The zero-order valence-electron chi connectivity index (χ0n) is 11.4. The van der Waals surface area contributed by atoms with Gasteiger partial charge in [0.25, 0.3) is 0 Å². The number of allylic oxidation sites excluding steroid dienone is 1. The molecule has 0 aliphatic heterocycles. The lowest BCUT2D eigenvalue weighted by Crippen LogP contribution is -2.40. The molecule has 3 nitrogen and oxygen atoms in total. The number of ether oxygens (including phenoxy) is 1. The Hall–Kier alpha value is -1.61. The van der Waals surface area contributed by atoms with Gasteiger partial charge in [-0.25, -0.2) is 0 Å². The van der Waals surface area contributed by atoms with Crippen LogP contribution in [0.1, 0.15) is 42.5 Å². The van der Waals surface area contributed by atoms with Crippen LogP contribution in [0.25, 0.3) is 0 Å². The third-order valence-corrected chi connectivity index (χ3v) is 3.92. The van der Waals surface area contributed by atoms with Gasteiger partial charge in [0.05, 0.1) is 0 Å². The van der Waals surface area contributed by atoms with Crippen LogP contribution in [0.5, 0.6) is 0 Å². The van der Waals surface area contributed by atoms with Crippen molar-refractivity contribution in [3.63, 3.8) is 0 Å². The van der Waals surface area contributed by atoms with Crippen molar-refractivity contribution in [1.82, 2.24) is 0 Å². The summed E-state index contributed by atoms with van der Waals surface area (Å²) in [5.41, 5.74) is 6.92. The van der Waals surface area contributed by atoms with Gasteiger partial charge in [-0.05, 0) is 12.8 Å². The van der Waals surface area contributed by atoms with Crippen LogP contribution in [0.2, 0.25) is 0 Å². The molecule has 102 valence electrons. The fraction of sp³-hybridized carbons (Fsp3) is 0.438. The highest BCUT2D eigenvalue weighted by molar-refractivity contribution is 6.04. The number of rotatable bonds is 4. The largest absolute Gasteiger partial charge is 0.400 e. The summed E-state index contributed by atoms with van der Waals surface area (Å²) in [5.74, 6) is -0.0555. The van der Waals surface area contributed by atoms with Gasteiger partial charge < -0.3 is 10.5 Å². The van der Waals surface area contributed by atoms with Crippen molar-refractivity contribution in [2.45, 2.75) is 37.7 Å². The molecule has 1 aromatic rings. The van der Waals surface area contributed by atoms with Crippen LogP contribution < -0.4 is 5.73 Å². The molecule has 3 heteroatoms. The van der Waals surface area contributed by atoms with Crippen molar-refractivity contribution >= 4 is 5.78 Å². The molecule has 1 aliphatic carbocycles. The van der Waals surface area contributed by atoms with Crippen LogP contribution in [0.3, 0.4) is 0 Å². The zero-order valence-corrected chi connectivity index (χ0v) is 11.4. The Balaban J connectivity index is 2.19. The minimum Gasteiger partial charge on any atom is -0.400 e. The Bertz CT molecular complexity index is 459. The van der Waals surface area contributed by atoms with Crippen molar-refractivity contribution in [3.8, 4) is 0 Å². The third kappa shape index (κ3) is 3.04. The van der Waals surface area contributed by atoms with Gasteiger partial charge in [-0.15, -0.1) is 0 Å². The molecular formula is C16H21NO2. The average Bonchev–Trinajstić information content (AvgIpc) is 2.48. The van der Waals surface area contributed by atoms with Gasteiger partial charge in [0, 0.05) is 24.4 Å². The first kappa shape index (κ1) is 13.8. The van der Waals surface area contributed by atoms with E-state index >= 15 is 0 Å². The predicted molar refractivity (Wildman–Crippen MR) is 75.9 cm³/mol. The van der Waals surface area contributed by atoms with E-state index in [1.54, 1.807) is 19.2 Å². The Morgan fingerprint density at radius 2 is 1.84 bits per heavy atom. The summed E-state index contributed by atoms with van der Waals surface area (Å²) < 4.78 is 5.63. The highest BCUT2D eigenvalue weighted by Crippen LogP contribution is 2.35. The van der Waals surface area contributed by atoms with E-state index in [1.807, 2.05) is 18.2 Å². The van der Waals surface area contributed by atoms with E-state index in [4.69, 9.17) is 10.5 Å². The van der Waals surface area contributed by atoms with Gasteiger partial charge >= 0.3 is 0 Å². The number of hydrogen-bond donors (Lipinski definition) is 1. The lowest BCUT2D eigenvalue weighted by Gasteiger charge is -2.36. The Morgan fingerprint density at radius 1 is 1.21 bits per heavy atom. The lowest BCUT2D eigenvalue weighted by molar-refractivity contribution is -0.00924. The standard InChI is InChI=1S/C16H21NO2/c1-19-16(10-6-3-7-11-16)15(17)12-14(18)13-8-4-2-5-9-13/h2,4-5,8-9,12H,3,6-7,10-11,17H2,1H3/b15-12-. The van der Waals surface area contributed by atoms with E-state index in [2.05, 4.69) is 0 Å². The van der Waals surface area contributed by atoms with Crippen molar-refractivity contribution < 1.29 is 9.53 Å². The first-order valence-corrected chi connectivity index (χ1v) is 6.80. The van der Waals surface area contributed by atoms with E-state index in [-0.39, 0.29) is 5.78 Å². The van der Waals surface area contributed by atoms with Crippen LogP contribution in [-0.4, -0.2) is 18.5 Å². The smallest absolute Gasteiger partial charge is 0.187 e. The summed E-state index contributed by atoms with van der Waals surface area (Å²) in [6, 6.07) is 9.19. The molecule has 0 unspecified atom stereocenters.